The van der Waals surface area contributed by atoms with Crippen LogP contribution in [-0.2, 0) is 16.1 Å². The number of ether oxygens (including phenoxy) is 1. The van der Waals surface area contributed by atoms with Crippen LogP contribution in [0.1, 0.15) is 29.0 Å². The fourth-order valence-electron chi connectivity index (χ4n) is 4.55. The number of morpholine rings is 1. The van der Waals surface area contributed by atoms with E-state index in [4.69, 9.17) is 4.74 Å². The summed E-state index contributed by atoms with van der Waals surface area (Å²) in [5.41, 5.74) is 2.71. The number of hydrogen-bond donors (Lipinski definition) is 0. The van der Waals surface area contributed by atoms with Gasteiger partial charge in [-0.2, -0.15) is 0 Å². The highest BCUT2D eigenvalue weighted by molar-refractivity contribution is 5.79. The van der Waals surface area contributed by atoms with Gasteiger partial charge < -0.3 is 9.64 Å². The van der Waals surface area contributed by atoms with Crippen LogP contribution in [0, 0.1) is 24.5 Å². The smallest absolute Gasteiger partial charge is 0.227 e. The van der Waals surface area contributed by atoms with Crippen LogP contribution < -0.4 is 0 Å². The molecular formula is C24H28F2N2O2. The zero-order valence-corrected chi connectivity index (χ0v) is 17.3. The van der Waals surface area contributed by atoms with Crippen molar-refractivity contribution in [3.63, 3.8) is 0 Å². The van der Waals surface area contributed by atoms with E-state index < -0.39 is 0 Å². The summed E-state index contributed by atoms with van der Waals surface area (Å²) in [6.07, 6.45) is 0.751. The molecule has 2 aliphatic rings. The van der Waals surface area contributed by atoms with Gasteiger partial charge >= 0.3 is 0 Å². The highest BCUT2D eigenvalue weighted by atomic mass is 19.1. The van der Waals surface area contributed by atoms with Gasteiger partial charge in [0.15, 0.2) is 0 Å². The number of nitrogens with zero attached hydrogens (tertiary/aromatic N) is 2. The Morgan fingerprint density at radius 2 is 1.80 bits per heavy atom. The zero-order valence-electron chi connectivity index (χ0n) is 17.3. The van der Waals surface area contributed by atoms with Crippen molar-refractivity contribution in [2.24, 2.45) is 5.92 Å². The number of piperidine rings is 1. The first kappa shape index (κ1) is 20.9. The molecule has 160 valence electrons. The minimum atomic E-state index is -0.252. The second kappa shape index (κ2) is 9.23. The Labute approximate surface area is 176 Å². The van der Waals surface area contributed by atoms with Gasteiger partial charge in [-0.05, 0) is 54.2 Å². The predicted molar refractivity (Wildman–Crippen MR) is 111 cm³/mol. The van der Waals surface area contributed by atoms with Crippen LogP contribution in [0.15, 0.2) is 42.5 Å². The molecule has 1 amide bonds. The molecule has 2 aliphatic heterocycles. The molecular weight excluding hydrogens is 386 g/mol. The lowest BCUT2D eigenvalue weighted by Crippen LogP contribution is -2.49. The molecule has 4 nitrogen and oxygen atoms in total. The summed E-state index contributed by atoms with van der Waals surface area (Å²) in [4.78, 5) is 17.4. The Bertz CT molecular complexity index is 881. The molecule has 2 saturated heterocycles. The maximum Gasteiger partial charge on any atom is 0.227 e. The summed E-state index contributed by atoms with van der Waals surface area (Å²) >= 11 is 0. The molecule has 4 rings (SSSR count). The van der Waals surface area contributed by atoms with Gasteiger partial charge in [0.1, 0.15) is 11.6 Å². The van der Waals surface area contributed by atoms with Gasteiger partial charge in [-0.15, -0.1) is 0 Å². The minimum absolute atomic E-state index is 0.118. The third kappa shape index (κ3) is 4.87. The number of aryl methyl sites for hydroxylation is 1. The van der Waals surface area contributed by atoms with E-state index in [0.29, 0.717) is 45.0 Å². The van der Waals surface area contributed by atoms with Gasteiger partial charge in [-0.25, -0.2) is 8.78 Å². The summed E-state index contributed by atoms with van der Waals surface area (Å²) in [5, 5.41) is 0. The van der Waals surface area contributed by atoms with E-state index in [1.165, 1.54) is 18.2 Å². The van der Waals surface area contributed by atoms with Gasteiger partial charge in [-0.1, -0.05) is 24.3 Å². The lowest BCUT2D eigenvalue weighted by molar-refractivity contribution is -0.141. The van der Waals surface area contributed by atoms with E-state index in [-0.39, 0.29) is 29.4 Å². The number of halogens is 2. The van der Waals surface area contributed by atoms with E-state index in [0.717, 1.165) is 24.1 Å². The quantitative estimate of drug-likeness (QED) is 0.764. The third-order valence-electron chi connectivity index (χ3n) is 6.17. The predicted octanol–water partition coefficient (Wildman–Crippen LogP) is 3.74. The molecule has 2 aromatic carbocycles. The van der Waals surface area contributed by atoms with Crippen LogP contribution >= 0.6 is 0 Å². The molecule has 2 fully saturated rings. The number of likely N-dealkylation sites (tertiary alicyclic amines) is 1. The molecule has 0 spiro atoms. The van der Waals surface area contributed by atoms with Crippen LogP contribution in [0.4, 0.5) is 8.78 Å². The lowest BCUT2D eigenvalue weighted by atomic mass is 9.83. The molecule has 2 heterocycles. The Morgan fingerprint density at radius 1 is 1.07 bits per heavy atom. The van der Waals surface area contributed by atoms with Crippen molar-refractivity contribution >= 4 is 5.91 Å². The highest BCUT2D eigenvalue weighted by Gasteiger charge is 2.35. The second-order valence-corrected chi connectivity index (χ2v) is 8.40. The van der Waals surface area contributed by atoms with Crippen molar-refractivity contribution in [3.8, 4) is 0 Å². The van der Waals surface area contributed by atoms with Crippen LogP contribution in [0.25, 0.3) is 0 Å². The summed E-state index contributed by atoms with van der Waals surface area (Å²) in [7, 11) is 0. The van der Waals surface area contributed by atoms with E-state index in [9.17, 15) is 13.6 Å². The van der Waals surface area contributed by atoms with Gasteiger partial charge in [0.25, 0.3) is 0 Å². The average Bonchev–Trinajstić information content (AvgIpc) is 2.77. The van der Waals surface area contributed by atoms with E-state index in [1.54, 1.807) is 19.1 Å². The fourth-order valence-corrected chi connectivity index (χ4v) is 4.55. The molecule has 0 saturated carbocycles. The molecule has 0 bridgehead atoms. The Morgan fingerprint density at radius 3 is 2.50 bits per heavy atom. The van der Waals surface area contributed by atoms with Crippen LogP contribution in [0.3, 0.4) is 0 Å². The van der Waals surface area contributed by atoms with Crippen molar-refractivity contribution in [3.05, 3.63) is 70.8 Å². The number of hydrogen-bond acceptors (Lipinski definition) is 3. The van der Waals surface area contributed by atoms with Gasteiger partial charge in [-0.3, -0.25) is 9.69 Å². The molecule has 2 atom stereocenters. The minimum Gasteiger partial charge on any atom is -0.378 e. The maximum absolute atomic E-state index is 13.8. The molecule has 0 unspecified atom stereocenters. The summed E-state index contributed by atoms with van der Waals surface area (Å²) < 4.78 is 32.5. The fraction of sp³-hybridized carbons (Fsp3) is 0.458. The average molecular weight is 414 g/mol. The van der Waals surface area contributed by atoms with E-state index >= 15 is 0 Å². The maximum atomic E-state index is 13.8. The number of benzene rings is 2. The van der Waals surface area contributed by atoms with Gasteiger partial charge in [0.2, 0.25) is 5.91 Å². The zero-order chi connectivity index (χ0) is 21.1. The van der Waals surface area contributed by atoms with Gasteiger partial charge in [0, 0.05) is 32.7 Å². The Hall–Kier alpha value is -2.31. The first-order valence-electron chi connectivity index (χ1n) is 10.6. The summed E-state index contributed by atoms with van der Waals surface area (Å²) in [6.45, 7) is 6.32. The van der Waals surface area contributed by atoms with Crippen molar-refractivity contribution in [1.29, 1.82) is 0 Å². The number of amides is 1. The lowest BCUT2D eigenvalue weighted by Gasteiger charge is -2.40. The monoisotopic (exact) mass is 414 g/mol. The van der Waals surface area contributed by atoms with Crippen molar-refractivity contribution in [2.45, 2.75) is 25.8 Å². The topological polar surface area (TPSA) is 32.8 Å². The largest absolute Gasteiger partial charge is 0.378 e. The standard InChI is InChI=1S/C24H28F2N2O2/c1-17-12-19(4-7-23(17)26)20-13-21(24(29)28-8-10-30-11-9-28)16-27(15-20)14-18-2-5-22(25)6-3-18/h2-7,12,20-21H,8-11,13-16H2,1H3/t20-,21-/m1/s1. The first-order valence-corrected chi connectivity index (χ1v) is 10.6. The molecule has 0 N–H and O–H groups in total. The number of carbonyl (C=O) groups is 1. The van der Waals surface area contributed by atoms with E-state index in [1.807, 2.05) is 17.0 Å². The summed E-state index contributed by atoms with van der Waals surface area (Å²) in [5.74, 6) is -0.261. The number of rotatable bonds is 4. The molecule has 2 aromatic rings. The second-order valence-electron chi connectivity index (χ2n) is 8.40. The molecule has 30 heavy (non-hydrogen) atoms. The molecule has 0 aliphatic carbocycles. The van der Waals surface area contributed by atoms with E-state index in [2.05, 4.69) is 4.90 Å². The normalized spacial score (nSPS) is 22.8. The highest BCUT2D eigenvalue weighted by Crippen LogP contribution is 2.33. The Balaban J connectivity index is 1.55. The van der Waals surface area contributed by atoms with Crippen LogP contribution in [0.2, 0.25) is 0 Å². The third-order valence-corrected chi connectivity index (χ3v) is 6.17. The first-order chi connectivity index (χ1) is 14.5. The van der Waals surface area contributed by atoms with Crippen molar-refractivity contribution < 1.29 is 18.3 Å². The summed E-state index contributed by atoms with van der Waals surface area (Å²) in [6, 6.07) is 11.8. The Kier molecular flexibility index (Phi) is 6.44. The van der Waals surface area contributed by atoms with Crippen LogP contribution in [-0.4, -0.2) is 55.1 Å². The van der Waals surface area contributed by atoms with Gasteiger partial charge in [0.05, 0.1) is 19.1 Å². The van der Waals surface area contributed by atoms with Crippen molar-refractivity contribution in [1.82, 2.24) is 9.80 Å². The SMILES string of the molecule is Cc1cc([C@@H]2C[C@@H](C(=O)N3CCOCC3)CN(Cc3ccc(F)cc3)C2)ccc1F. The van der Waals surface area contributed by atoms with Crippen LogP contribution in [0.5, 0.6) is 0 Å². The van der Waals surface area contributed by atoms with Crippen molar-refractivity contribution in [2.75, 3.05) is 39.4 Å². The number of carbonyl (C=O) groups excluding carboxylic acids is 1. The molecule has 0 radical (unpaired) electrons. The molecule has 0 aromatic heterocycles. The molecule has 6 heteroatoms.